The van der Waals surface area contributed by atoms with E-state index in [-0.39, 0.29) is 23.6 Å². The number of hydrogen-bond acceptors (Lipinski definition) is 5. The van der Waals surface area contributed by atoms with E-state index in [1.807, 2.05) is 18.2 Å². The van der Waals surface area contributed by atoms with E-state index in [4.69, 9.17) is 16.3 Å². The number of halogens is 1. The van der Waals surface area contributed by atoms with Gasteiger partial charge in [0.1, 0.15) is 5.75 Å². The van der Waals surface area contributed by atoms with E-state index >= 15 is 0 Å². The Balaban J connectivity index is 1.55. The summed E-state index contributed by atoms with van der Waals surface area (Å²) in [5.74, 6) is 0.486. The number of anilines is 1. The Morgan fingerprint density at radius 1 is 1.17 bits per heavy atom. The molecule has 6 nitrogen and oxygen atoms in total. The second kappa shape index (κ2) is 8.01. The molecule has 3 aromatic rings. The average molecular weight is 408 g/mol. The molecule has 0 unspecified atom stereocenters. The molecule has 0 spiro atoms. The van der Waals surface area contributed by atoms with Gasteiger partial charge in [-0.25, -0.2) is 9.97 Å². The van der Waals surface area contributed by atoms with Gasteiger partial charge in [0.05, 0.1) is 18.4 Å². The highest BCUT2D eigenvalue weighted by Crippen LogP contribution is 2.33. The highest BCUT2D eigenvalue weighted by atomic mass is 35.5. The minimum atomic E-state index is -0.332. The molecule has 0 saturated heterocycles. The van der Waals surface area contributed by atoms with Crippen LogP contribution in [0.15, 0.2) is 54.7 Å². The monoisotopic (exact) mass is 407 g/mol. The smallest absolute Gasteiger partial charge is 0.258 e. The average Bonchev–Trinajstić information content (AvgIpc) is 2.73. The molecule has 1 aliphatic rings. The van der Waals surface area contributed by atoms with Gasteiger partial charge in [-0.3, -0.25) is 14.9 Å². The number of amides is 1. The van der Waals surface area contributed by atoms with Crippen LogP contribution in [0.1, 0.15) is 44.3 Å². The molecule has 29 heavy (non-hydrogen) atoms. The first-order chi connectivity index (χ1) is 14.0. The Morgan fingerprint density at radius 2 is 1.97 bits per heavy atom. The number of ether oxygens (including phenoxy) is 1. The van der Waals surface area contributed by atoms with Crippen molar-refractivity contribution in [2.75, 3.05) is 12.4 Å². The Kier molecular flexibility index (Phi) is 5.27. The largest absolute Gasteiger partial charge is 0.497 e. The number of aromatic nitrogens is 2. The lowest BCUT2D eigenvalue weighted by Crippen LogP contribution is -2.22. The lowest BCUT2D eigenvalue weighted by molar-refractivity contribution is 0.0962. The highest BCUT2D eigenvalue weighted by molar-refractivity contribution is 6.30. The first-order valence-corrected chi connectivity index (χ1v) is 9.51. The molecule has 0 fully saturated rings. The zero-order valence-corrected chi connectivity index (χ0v) is 16.4. The molecule has 0 bridgehead atoms. The predicted octanol–water partition coefficient (Wildman–Crippen LogP) is 4.30. The minimum Gasteiger partial charge on any atom is -0.497 e. The van der Waals surface area contributed by atoms with Gasteiger partial charge in [-0.2, -0.15) is 0 Å². The van der Waals surface area contributed by atoms with E-state index in [2.05, 4.69) is 15.3 Å². The molecule has 7 heteroatoms. The lowest BCUT2D eigenvalue weighted by Gasteiger charge is -2.23. The third-order valence-electron chi connectivity index (χ3n) is 4.94. The van der Waals surface area contributed by atoms with Crippen molar-refractivity contribution in [3.8, 4) is 5.75 Å². The zero-order chi connectivity index (χ0) is 20.4. The Hall–Kier alpha value is -3.25. The summed E-state index contributed by atoms with van der Waals surface area (Å²) in [6.07, 6.45) is 2.45. The molecule has 0 radical (unpaired) electrons. The van der Waals surface area contributed by atoms with Crippen molar-refractivity contribution in [2.45, 2.75) is 18.8 Å². The van der Waals surface area contributed by atoms with Crippen LogP contribution < -0.4 is 10.1 Å². The maximum absolute atomic E-state index is 12.6. The standard InChI is InChI=1S/C22H18ClN3O3/c1-29-17-7-5-13(6-8-17)21(28)26-22-24-12-18-19(25-22)10-15(11-20(18)27)14-3-2-4-16(23)9-14/h2-9,12,15H,10-11H2,1H3,(H,24,25,26,28)/t15-/m1/s1. The first-order valence-electron chi connectivity index (χ1n) is 9.13. The zero-order valence-electron chi connectivity index (χ0n) is 15.7. The molecule has 0 aliphatic heterocycles. The fourth-order valence-electron chi connectivity index (χ4n) is 3.42. The third-order valence-corrected chi connectivity index (χ3v) is 5.17. The second-order valence-corrected chi connectivity index (χ2v) is 7.26. The van der Waals surface area contributed by atoms with Gasteiger partial charge < -0.3 is 4.74 Å². The summed E-state index contributed by atoms with van der Waals surface area (Å²) in [5, 5.41) is 3.33. The van der Waals surface area contributed by atoms with Gasteiger partial charge >= 0.3 is 0 Å². The third kappa shape index (κ3) is 4.12. The summed E-state index contributed by atoms with van der Waals surface area (Å²) in [4.78, 5) is 33.6. The van der Waals surface area contributed by atoms with Gasteiger partial charge in [-0.05, 0) is 54.3 Å². The van der Waals surface area contributed by atoms with Crippen molar-refractivity contribution in [1.29, 1.82) is 0 Å². The normalized spacial score (nSPS) is 15.5. The van der Waals surface area contributed by atoms with Crippen LogP contribution in [0.3, 0.4) is 0 Å². The van der Waals surface area contributed by atoms with Crippen molar-refractivity contribution < 1.29 is 14.3 Å². The van der Waals surface area contributed by atoms with E-state index in [1.54, 1.807) is 37.4 Å². The van der Waals surface area contributed by atoms with E-state index < -0.39 is 0 Å². The molecule has 146 valence electrons. The van der Waals surface area contributed by atoms with Crippen LogP contribution >= 0.6 is 11.6 Å². The first kappa shape index (κ1) is 19.1. The predicted molar refractivity (Wildman–Crippen MR) is 110 cm³/mol. The summed E-state index contributed by atoms with van der Waals surface area (Å²) in [5.41, 5.74) is 2.59. The molecule has 1 amide bonds. The molecule has 1 N–H and O–H groups in total. The van der Waals surface area contributed by atoms with Crippen molar-refractivity contribution >= 4 is 29.2 Å². The molecule has 2 aromatic carbocycles. The van der Waals surface area contributed by atoms with Gasteiger partial charge in [0.15, 0.2) is 5.78 Å². The fraction of sp³-hybridized carbons (Fsp3) is 0.182. The van der Waals surface area contributed by atoms with Crippen LogP contribution in [0.5, 0.6) is 5.75 Å². The number of benzene rings is 2. The van der Waals surface area contributed by atoms with E-state index in [1.165, 1.54) is 6.20 Å². The maximum Gasteiger partial charge on any atom is 0.258 e. The Bertz CT molecular complexity index is 1080. The quantitative estimate of drug-likeness (QED) is 0.697. The van der Waals surface area contributed by atoms with Crippen LogP contribution in [0.2, 0.25) is 5.02 Å². The van der Waals surface area contributed by atoms with Crippen LogP contribution in [-0.4, -0.2) is 28.8 Å². The molecule has 0 saturated carbocycles. The molecular weight excluding hydrogens is 390 g/mol. The number of ketones is 1. The number of carbonyl (C=O) groups excluding carboxylic acids is 2. The second-order valence-electron chi connectivity index (χ2n) is 6.82. The van der Waals surface area contributed by atoms with E-state index in [9.17, 15) is 9.59 Å². The summed E-state index contributed by atoms with van der Waals surface area (Å²) >= 11 is 6.09. The van der Waals surface area contributed by atoms with Crippen LogP contribution in [0, 0.1) is 0 Å². The van der Waals surface area contributed by atoms with Crippen LogP contribution in [-0.2, 0) is 6.42 Å². The van der Waals surface area contributed by atoms with Crippen LogP contribution in [0.4, 0.5) is 5.95 Å². The molecule has 1 atom stereocenters. The number of nitrogens with one attached hydrogen (secondary N) is 1. The minimum absolute atomic E-state index is 0.00580. The topological polar surface area (TPSA) is 81.2 Å². The number of carbonyl (C=O) groups is 2. The summed E-state index contributed by atoms with van der Waals surface area (Å²) in [6.45, 7) is 0. The van der Waals surface area contributed by atoms with Crippen molar-refractivity contribution in [2.24, 2.45) is 0 Å². The molecular formula is C22H18ClN3O3. The molecule has 4 rings (SSSR count). The number of Topliss-reactive ketones (excluding diaryl/α,β-unsaturated/α-hetero) is 1. The number of rotatable bonds is 4. The lowest BCUT2D eigenvalue weighted by atomic mass is 9.82. The van der Waals surface area contributed by atoms with Crippen molar-refractivity contribution in [3.63, 3.8) is 0 Å². The summed E-state index contributed by atoms with van der Waals surface area (Å²) in [7, 11) is 1.56. The molecule has 1 aliphatic carbocycles. The Morgan fingerprint density at radius 3 is 2.69 bits per heavy atom. The fourth-order valence-corrected chi connectivity index (χ4v) is 3.62. The van der Waals surface area contributed by atoms with E-state index in [0.29, 0.717) is 40.4 Å². The highest BCUT2D eigenvalue weighted by Gasteiger charge is 2.28. The van der Waals surface area contributed by atoms with Gasteiger partial charge in [-0.15, -0.1) is 0 Å². The summed E-state index contributed by atoms with van der Waals surface area (Å²) in [6, 6.07) is 14.2. The summed E-state index contributed by atoms with van der Waals surface area (Å²) < 4.78 is 5.10. The molecule has 1 aromatic heterocycles. The van der Waals surface area contributed by atoms with Crippen LogP contribution in [0.25, 0.3) is 0 Å². The van der Waals surface area contributed by atoms with Gasteiger partial charge in [0, 0.05) is 23.2 Å². The number of nitrogens with zero attached hydrogens (tertiary/aromatic N) is 2. The van der Waals surface area contributed by atoms with Crippen molar-refractivity contribution in [3.05, 3.63) is 82.1 Å². The van der Waals surface area contributed by atoms with Gasteiger partial charge in [-0.1, -0.05) is 23.7 Å². The van der Waals surface area contributed by atoms with Gasteiger partial charge in [0.25, 0.3) is 5.91 Å². The number of fused-ring (bicyclic) bond motifs is 1. The SMILES string of the molecule is COc1ccc(C(=O)Nc2ncc3c(n2)C[C@@H](c2cccc(Cl)c2)CC3=O)cc1. The van der Waals surface area contributed by atoms with Crippen molar-refractivity contribution in [1.82, 2.24) is 9.97 Å². The Labute approximate surface area is 172 Å². The molecule has 1 heterocycles. The van der Waals surface area contributed by atoms with Gasteiger partial charge in [0.2, 0.25) is 5.95 Å². The number of hydrogen-bond donors (Lipinski definition) is 1. The van der Waals surface area contributed by atoms with E-state index in [0.717, 1.165) is 5.56 Å². The maximum atomic E-state index is 12.6. The number of methoxy groups -OCH3 is 1.